The summed E-state index contributed by atoms with van der Waals surface area (Å²) in [4.78, 5) is 50.7. The molecular formula is C28H51NO8. The molecule has 0 aliphatic rings. The summed E-state index contributed by atoms with van der Waals surface area (Å²) in [5, 5.41) is 0. The fraction of sp³-hybridized carbons (Fsp3) is 0.857. The van der Waals surface area contributed by atoms with E-state index < -0.39 is 5.54 Å². The number of ketones is 3. The van der Waals surface area contributed by atoms with Crippen molar-refractivity contribution < 1.29 is 38.1 Å². The maximum absolute atomic E-state index is 13.1. The Bertz CT molecular complexity index is 633. The smallest absolute Gasteiger partial charge is 0.249 e. The summed E-state index contributed by atoms with van der Waals surface area (Å²) in [6.45, 7) is 15.4. The van der Waals surface area contributed by atoms with Gasteiger partial charge in [-0.1, -0.05) is 41.5 Å². The molecule has 0 heterocycles. The fourth-order valence-electron chi connectivity index (χ4n) is 3.19. The van der Waals surface area contributed by atoms with E-state index in [1.54, 1.807) is 7.05 Å². The first-order valence-electron chi connectivity index (χ1n) is 13.4. The van der Waals surface area contributed by atoms with Gasteiger partial charge in [0.25, 0.3) is 0 Å². The highest BCUT2D eigenvalue weighted by Gasteiger charge is 2.39. The minimum absolute atomic E-state index is 0.0541. The van der Waals surface area contributed by atoms with Crippen molar-refractivity contribution in [1.82, 2.24) is 4.90 Å². The molecule has 0 rings (SSSR count). The van der Waals surface area contributed by atoms with E-state index in [0.717, 1.165) is 0 Å². The van der Waals surface area contributed by atoms with Crippen LogP contribution in [0.15, 0.2) is 0 Å². The number of amides is 1. The topological polar surface area (TPSA) is 108 Å². The first kappa shape index (κ1) is 35.3. The highest BCUT2D eigenvalue weighted by atomic mass is 16.5. The summed E-state index contributed by atoms with van der Waals surface area (Å²) in [7, 11) is 1.64. The summed E-state index contributed by atoms with van der Waals surface area (Å²) in [6.07, 6.45) is 0.654. The predicted molar refractivity (Wildman–Crippen MR) is 142 cm³/mol. The molecule has 216 valence electrons. The van der Waals surface area contributed by atoms with E-state index in [-0.39, 0.29) is 113 Å². The molecule has 0 aromatic heterocycles. The standard InChI is InChI=1S/C28H51NO8/c1-20(2)24(30)10-13-34-17-28(18-35-14-11-25(31)21(3)4,19-36-15-12-26(32)22(5)6)29(9)27(33)16-37-23(7)8/h20-23H,10-19H2,1-9H3. The third kappa shape index (κ3) is 14.7. The van der Waals surface area contributed by atoms with E-state index in [1.165, 1.54) is 4.90 Å². The molecule has 0 aromatic carbocycles. The summed E-state index contributed by atoms with van der Waals surface area (Å²) >= 11 is 0. The van der Waals surface area contributed by atoms with Crippen LogP contribution in [0.1, 0.15) is 74.7 Å². The van der Waals surface area contributed by atoms with Crippen LogP contribution in [0.25, 0.3) is 0 Å². The van der Waals surface area contributed by atoms with Gasteiger partial charge in [0.2, 0.25) is 5.91 Å². The van der Waals surface area contributed by atoms with Crippen molar-refractivity contribution in [2.75, 3.05) is 53.3 Å². The zero-order valence-electron chi connectivity index (χ0n) is 24.6. The molecule has 0 aliphatic carbocycles. The Kier molecular flexibility index (Phi) is 17.7. The minimum atomic E-state index is -1.04. The molecule has 0 bridgehead atoms. The van der Waals surface area contributed by atoms with E-state index in [4.69, 9.17) is 18.9 Å². The molecule has 0 saturated heterocycles. The van der Waals surface area contributed by atoms with Gasteiger partial charge in [0.15, 0.2) is 0 Å². The van der Waals surface area contributed by atoms with E-state index in [1.807, 2.05) is 55.4 Å². The molecule has 9 heteroatoms. The zero-order valence-corrected chi connectivity index (χ0v) is 24.6. The molecule has 1 amide bonds. The Labute approximate surface area is 223 Å². The van der Waals surface area contributed by atoms with Crippen molar-refractivity contribution >= 4 is 23.3 Å². The van der Waals surface area contributed by atoms with Gasteiger partial charge >= 0.3 is 0 Å². The Morgan fingerprint density at radius 1 is 0.622 bits per heavy atom. The SMILES string of the molecule is CC(C)OCC(=O)N(C)C(COCCC(=O)C(C)C)(COCCC(=O)C(C)C)COCCC(=O)C(C)C. The van der Waals surface area contributed by atoms with Gasteiger partial charge < -0.3 is 23.8 Å². The summed E-state index contributed by atoms with van der Waals surface area (Å²) in [5.41, 5.74) is -1.04. The number of rotatable bonds is 22. The summed E-state index contributed by atoms with van der Waals surface area (Å²) in [5.74, 6) is -0.274. The number of nitrogens with zero attached hydrogens (tertiary/aromatic N) is 1. The molecule has 0 saturated carbocycles. The van der Waals surface area contributed by atoms with Gasteiger partial charge in [-0.15, -0.1) is 0 Å². The molecule has 0 aliphatic heterocycles. The van der Waals surface area contributed by atoms with Gasteiger partial charge in [-0.05, 0) is 13.8 Å². The van der Waals surface area contributed by atoms with Crippen LogP contribution in [0.4, 0.5) is 0 Å². The molecule has 0 spiro atoms. The quantitative estimate of drug-likeness (QED) is 0.196. The minimum Gasteiger partial charge on any atom is -0.378 e. The van der Waals surface area contributed by atoms with Crippen LogP contribution in [0.3, 0.4) is 0 Å². The van der Waals surface area contributed by atoms with E-state index >= 15 is 0 Å². The lowest BCUT2D eigenvalue weighted by molar-refractivity contribution is -0.155. The third-order valence-corrected chi connectivity index (χ3v) is 6.15. The average molecular weight is 530 g/mol. The van der Waals surface area contributed by atoms with Gasteiger partial charge in [0, 0.05) is 44.1 Å². The van der Waals surface area contributed by atoms with Crippen molar-refractivity contribution in [1.29, 1.82) is 0 Å². The highest BCUT2D eigenvalue weighted by Crippen LogP contribution is 2.19. The second-order valence-corrected chi connectivity index (χ2v) is 10.8. The van der Waals surface area contributed by atoms with Crippen LogP contribution in [-0.4, -0.2) is 93.1 Å². The number of ether oxygens (including phenoxy) is 4. The van der Waals surface area contributed by atoms with Crippen LogP contribution in [0.2, 0.25) is 0 Å². The lowest BCUT2D eigenvalue weighted by atomic mass is 10.00. The van der Waals surface area contributed by atoms with Gasteiger partial charge in [-0.2, -0.15) is 0 Å². The first-order valence-corrected chi connectivity index (χ1v) is 13.4. The largest absolute Gasteiger partial charge is 0.378 e. The molecular weight excluding hydrogens is 478 g/mol. The second-order valence-electron chi connectivity index (χ2n) is 10.8. The van der Waals surface area contributed by atoms with Gasteiger partial charge in [-0.3, -0.25) is 19.2 Å². The molecule has 9 nitrogen and oxygen atoms in total. The molecule has 0 radical (unpaired) electrons. The molecule has 0 unspecified atom stereocenters. The average Bonchev–Trinajstić information content (AvgIpc) is 2.83. The molecule has 0 aromatic rings. The van der Waals surface area contributed by atoms with Gasteiger partial charge in [0.05, 0.1) is 45.7 Å². The molecule has 0 atom stereocenters. The summed E-state index contributed by atoms with van der Waals surface area (Å²) in [6, 6.07) is 0. The van der Waals surface area contributed by atoms with Crippen molar-refractivity contribution in [2.45, 2.75) is 86.3 Å². The molecule has 0 N–H and O–H groups in total. The van der Waals surface area contributed by atoms with Gasteiger partial charge in [0.1, 0.15) is 29.5 Å². The third-order valence-electron chi connectivity index (χ3n) is 6.15. The highest BCUT2D eigenvalue weighted by molar-refractivity contribution is 5.81. The van der Waals surface area contributed by atoms with E-state index in [9.17, 15) is 19.2 Å². The van der Waals surface area contributed by atoms with Crippen LogP contribution >= 0.6 is 0 Å². The van der Waals surface area contributed by atoms with Gasteiger partial charge in [-0.25, -0.2) is 0 Å². The number of carbonyl (C=O) groups is 4. The lowest BCUT2D eigenvalue weighted by Gasteiger charge is -2.41. The second kappa shape index (κ2) is 18.6. The number of hydrogen-bond donors (Lipinski definition) is 0. The fourth-order valence-corrected chi connectivity index (χ4v) is 3.19. The van der Waals surface area contributed by atoms with Crippen molar-refractivity contribution in [2.24, 2.45) is 17.8 Å². The zero-order chi connectivity index (χ0) is 28.6. The number of carbonyl (C=O) groups excluding carboxylic acids is 4. The molecule has 37 heavy (non-hydrogen) atoms. The number of likely N-dealkylation sites (N-methyl/N-ethyl adjacent to an activating group) is 1. The first-order chi connectivity index (χ1) is 17.2. The van der Waals surface area contributed by atoms with Crippen LogP contribution in [-0.2, 0) is 38.1 Å². The Hall–Kier alpha value is -1.68. The normalized spacial score (nSPS) is 12.1. The van der Waals surface area contributed by atoms with Crippen LogP contribution < -0.4 is 0 Å². The number of Topliss-reactive ketones (excluding diaryl/α,β-unsaturated/α-hetero) is 3. The van der Waals surface area contributed by atoms with Crippen molar-refractivity contribution in [3.8, 4) is 0 Å². The number of hydrogen-bond acceptors (Lipinski definition) is 8. The van der Waals surface area contributed by atoms with E-state index in [0.29, 0.717) is 0 Å². The lowest BCUT2D eigenvalue weighted by Crippen LogP contribution is -2.60. The van der Waals surface area contributed by atoms with Crippen molar-refractivity contribution in [3.05, 3.63) is 0 Å². The predicted octanol–water partition coefficient (Wildman–Crippen LogP) is 3.50. The van der Waals surface area contributed by atoms with Crippen LogP contribution in [0, 0.1) is 17.8 Å². The summed E-state index contributed by atoms with van der Waals surface area (Å²) < 4.78 is 23.2. The molecule has 0 fully saturated rings. The Morgan fingerprint density at radius 3 is 1.22 bits per heavy atom. The maximum atomic E-state index is 13.1. The van der Waals surface area contributed by atoms with E-state index in [2.05, 4.69) is 0 Å². The van der Waals surface area contributed by atoms with Crippen molar-refractivity contribution in [3.63, 3.8) is 0 Å². The Morgan fingerprint density at radius 2 is 0.946 bits per heavy atom. The van der Waals surface area contributed by atoms with Crippen LogP contribution in [0.5, 0.6) is 0 Å². The monoisotopic (exact) mass is 529 g/mol. The Balaban J connectivity index is 5.63. The maximum Gasteiger partial charge on any atom is 0.249 e.